The van der Waals surface area contributed by atoms with Gasteiger partial charge >= 0.3 is 11.9 Å². The molecule has 1 aromatic carbocycles. The van der Waals surface area contributed by atoms with Gasteiger partial charge in [0.2, 0.25) is 0 Å². The van der Waals surface area contributed by atoms with Crippen LogP contribution in [0.3, 0.4) is 0 Å². The van der Waals surface area contributed by atoms with E-state index in [1.807, 2.05) is 6.92 Å². The van der Waals surface area contributed by atoms with Crippen molar-refractivity contribution in [1.29, 1.82) is 0 Å². The molecule has 192 valence electrons. The second-order valence-corrected chi connectivity index (χ2v) is 11.3. The lowest BCUT2D eigenvalue weighted by molar-refractivity contribution is -0.165. The van der Waals surface area contributed by atoms with Gasteiger partial charge in [0.05, 0.1) is 25.7 Å². The van der Waals surface area contributed by atoms with Crippen LogP contribution >= 0.6 is 0 Å². The van der Waals surface area contributed by atoms with Crippen LogP contribution in [0.5, 0.6) is 11.5 Å². The van der Waals surface area contributed by atoms with Crippen molar-refractivity contribution in [3.05, 3.63) is 29.8 Å². The van der Waals surface area contributed by atoms with Crippen molar-refractivity contribution in [3.63, 3.8) is 0 Å². The third-order valence-electron chi connectivity index (χ3n) is 6.13. The zero-order valence-electron chi connectivity index (χ0n) is 22.3. The van der Waals surface area contributed by atoms with Gasteiger partial charge in [-0.3, -0.25) is 4.79 Å². The zero-order chi connectivity index (χ0) is 26.0. The highest BCUT2D eigenvalue weighted by molar-refractivity contribution is 5.85. The average molecular weight is 477 g/mol. The molecule has 6 nitrogen and oxygen atoms in total. The van der Waals surface area contributed by atoms with Crippen LogP contribution in [0.1, 0.15) is 86.1 Å². The van der Waals surface area contributed by atoms with Crippen LogP contribution in [0, 0.1) is 16.2 Å². The van der Waals surface area contributed by atoms with Crippen LogP contribution < -0.4 is 9.47 Å². The summed E-state index contributed by atoms with van der Waals surface area (Å²) >= 11 is 0. The van der Waals surface area contributed by atoms with E-state index in [0.29, 0.717) is 24.7 Å². The first kappa shape index (κ1) is 29.5. The molecular weight excluding hydrogens is 432 g/mol. The Morgan fingerprint density at radius 2 is 1.53 bits per heavy atom. The summed E-state index contributed by atoms with van der Waals surface area (Å²) in [5.41, 5.74) is 0.0582. The Labute approximate surface area is 205 Å². The quantitative estimate of drug-likeness (QED) is 0.192. The summed E-state index contributed by atoms with van der Waals surface area (Å²) in [6.45, 7) is 15.8. The first-order valence-electron chi connectivity index (χ1n) is 12.1. The van der Waals surface area contributed by atoms with Crippen molar-refractivity contribution in [1.82, 2.24) is 0 Å². The number of benzene rings is 1. The first-order chi connectivity index (χ1) is 15.7. The van der Waals surface area contributed by atoms with Gasteiger partial charge in [0.25, 0.3) is 0 Å². The van der Waals surface area contributed by atoms with E-state index in [4.69, 9.17) is 19.3 Å². The lowest BCUT2D eigenvalue weighted by Gasteiger charge is -2.43. The van der Waals surface area contributed by atoms with Crippen LogP contribution in [-0.4, -0.2) is 37.4 Å². The molecule has 0 fully saturated rings. The summed E-state index contributed by atoms with van der Waals surface area (Å²) in [7, 11) is 1.56. The van der Waals surface area contributed by atoms with Crippen LogP contribution in [0.4, 0.5) is 0 Å². The Kier molecular flexibility index (Phi) is 11.1. The molecule has 1 unspecified atom stereocenters. The monoisotopic (exact) mass is 476 g/mol. The van der Waals surface area contributed by atoms with E-state index < -0.39 is 11.4 Å². The van der Waals surface area contributed by atoms with E-state index in [-0.39, 0.29) is 16.8 Å². The molecule has 0 aliphatic rings. The largest absolute Gasteiger partial charge is 0.493 e. The van der Waals surface area contributed by atoms with Crippen molar-refractivity contribution < 1.29 is 28.9 Å². The SMILES string of the molecule is COc1cc(/C=C/C(=O)O)ccc1OCCCCCCOC(=O)C(C)(CC(C)(C)C)C(C)(C)C. The highest BCUT2D eigenvalue weighted by Crippen LogP contribution is 2.47. The number of carbonyl (C=O) groups excluding carboxylic acids is 1. The molecule has 1 atom stereocenters. The predicted octanol–water partition coefficient (Wildman–Crippen LogP) is 6.76. The number of hydrogen-bond donors (Lipinski definition) is 1. The second-order valence-electron chi connectivity index (χ2n) is 11.3. The van der Waals surface area contributed by atoms with Crippen molar-refractivity contribution in [2.45, 2.75) is 80.6 Å². The fourth-order valence-corrected chi connectivity index (χ4v) is 3.84. The third-order valence-corrected chi connectivity index (χ3v) is 6.13. The topological polar surface area (TPSA) is 82.1 Å². The molecule has 0 saturated carbocycles. The standard InChI is InChI=1S/C28H44O6/c1-26(2,3)20-28(7,27(4,5)6)25(31)34-18-12-10-9-11-17-33-22-15-13-21(14-16-24(29)30)19-23(22)32-8/h13-16,19H,9-12,17-18,20H2,1-8H3,(H,29,30)/b16-14+. The summed E-state index contributed by atoms with van der Waals surface area (Å²) in [5.74, 6) is 0.0926. The maximum atomic E-state index is 13.0. The van der Waals surface area contributed by atoms with Crippen molar-refractivity contribution in [2.75, 3.05) is 20.3 Å². The molecule has 0 saturated heterocycles. The van der Waals surface area contributed by atoms with Gasteiger partial charge in [-0.25, -0.2) is 4.79 Å². The zero-order valence-corrected chi connectivity index (χ0v) is 22.3. The maximum absolute atomic E-state index is 13.0. The molecule has 0 aliphatic carbocycles. The summed E-state index contributed by atoms with van der Waals surface area (Å²) in [6, 6.07) is 5.31. The molecule has 0 bridgehead atoms. The number of carbonyl (C=O) groups is 2. The van der Waals surface area contributed by atoms with Gasteiger partial charge < -0.3 is 19.3 Å². The molecule has 0 spiro atoms. The van der Waals surface area contributed by atoms with Gasteiger partial charge in [-0.15, -0.1) is 0 Å². The smallest absolute Gasteiger partial charge is 0.328 e. The van der Waals surface area contributed by atoms with Crippen LogP contribution in [-0.2, 0) is 14.3 Å². The fourth-order valence-electron chi connectivity index (χ4n) is 3.84. The summed E-state index contributed by atoms with van der Waals surface area (Å²) in [4.78, 5) is 23.6. The summed E-state index contributed by atoms with van der Waals surface area (Å²) in [5, 5.41) is 8.74. The molecule has 0 heterocycles. The van der Waals surface area contributed by atoms with Crippen molar-refractivity contribution in [3.8, 4) is 11.5 Å². The van der Waals surface area contributed by atoms with Gasteiger partial charge in [0, 0.05) is 6.08 Å². The number of aliphatic carboxylic acids is 1. The Morgan fingerprint density at radius 1 is 0.912 bits per heavy atom. The normalized spacial score (nSPS) is 14.0. The lowest BCUT2D eigenvalue weighted by atomic mass is 9.61. The van der Waals surface area contributed by atoms with Gasteiger partial charge in [-0.05, 0) is 73.6 Å². The molecule has 0 amide bonds. The number of unbranched alkanes of at least 4 members (excludes halogenated alkanes) is 3. The Hall–Kier alpha value is -2.50. The molecule has 1 aromatic rings. The molecule has 0 aromatic heterocycles. The van der Waals surface area contributed by atoms with Crippen LogP contribution in [0.2, 0.25) is 0 Å². The lowest BCUT2D eigenvalue weighted by Crippen LogP contribution is -2.44. The number of ether oxygens (including phenoxy) is 3. The fraction of sp³-hybridized carbons (Fsp3) is 0.643. The number of carboxylic acids is 1. The number of rotatable bonds is 13. The molecule has 6 heteroatoms. The van der Waals surface area contributed by atoms with Gasteiger partial charge in [-0.1, -0.05) is 47.6 Å². The predicted molar refractivity (Wildman–Crippen MR) is 136 cm³/mol. The number of carboxylic acid groups (broad SMARTS) is 1. The van der Waals surface area contributed by atoms with E-state index in [0.717, 1.165) is 43.7 Å². The van der Waals surface area contributed by atoms with Crippen molar-refractivity contribution >= 4 is 18.0 Å². The Balaban J connectivity index is 2.40. The van der Waals surface area contributed by atoms with E-state index >= 15 is 0 Å². The highest BCUT2D eigenvalue weighted by atomic mass is 16.5. The van der Waals surface area contributed by atoms with Crippen LogP contribution in [0.25, 0.3) is 6.08 Å². The maximum Gasteiger partial charge on any atom is 0.328 e. The Morgan fingerprint density at radius 3 is 2.06 bits per heavy atom. The number of hydrogen-bond acceptors (Lipinski definition) is 5. The number of methoxy groups -OCH3 is 1. The molecule has 0 radical (unpaired) electrons. The van der Waals surface area contributed by atoms with E-state index in [1.54, 1.807) is 25.3 Å². The minimum absolute atomic E-state index is 0.0409. The van der Waals surface area contributed by atoms with Gasteiger partial charge in [0.1, 0.15) is 0 Å². The summed E-state index contributed by atoms with van der Waals surface area (Å²) < 4.78 is 16.9. The molecule has 1 rings (SSSR count). The third kappa shape index (κ3) is 9.78. The van der Waals surface area contributed by atoms with E-state index in [2.05, 4.69) is 41.5 Å². The van der Waals surface area contributed by atoms with Crippen molar-refractivity contribution in [2.24, 2.45) is 16.2 Å². The minimum Gasteiger partial charge on any atom is -0.493 e. The average Bonchev–Trinajstić information content (AvgIpc) is 2.72. The molecule has 0 aliphatic heterocycles. The molecule has 34 heavy (non-hydrogen) atoms. The molecular formula is C28H44O6. The van der Waals surface area contributed by atoms with Gasteiger partial charge in [-0.2, -0.15) is 0 Å². The van der Waals surface area contributed by atoms with Crippen LogP contribution in [0.15, 0.2) is 24.3 Å². The minimum atomic E-state index is -0.998. The second kappa shape index (κ2) is 12.8. The van der Waals surface area contributed by atoms with E-state index in [1.165, 1.54) is 6.08 Å². The molecule has 1 N–H and O–H groups in total. The number of esters is 1. The van der Waals surface area contributed by atoms with Gasteiger partial charge in [0.15, 0.2) is 11.5 Å². The Bertz CT molecular complexity index is 828. The van der Waals surface area contributed by atoms with E-state index in [9.17, 15) is 9.59 Å². The first-order valence-corrected chi connectivity index (χ1v) is 12.1. The summed E-state index contributed by atoms with van der Waals surface area (Å²) in [6.07, 6.45) is 7.00. The highest BCUT2D eigenvalue weighted by Gasteiger charge is 2.47.